The maximum atomic E-state index is 14.3. The summed E-state index contributed by atoms with van der Waals surface area (Å²) < 4.78 is 15.9. The van der Waals surface area contributed by atoms with Crippen molar-refractivity contribution in [3.05, 3.63) is 71.3 Å². The quantitative estimate of drug-likeness (QED) is 0.645. The first kappa shape index (κ1) is 20.9. The minimum Gasteiger partial charge on any atom is -0.345 e. The molecule has 33 heavy (non-hydrogen) atoms. The number of rotatable bonds is 3. The highest BCUT2D eigenvalue weighted by molar-refractivity contribution is 6.11. The van der Waals surface area contributed by atoms with Gasteiger partial charge < -0.3 is 15.5 Å². The van der Waals surface area contributed by atoms with Gasteiger partial charge in [-0.3, -0.25) is 19.1 Å². The van der Waals surface area contributed by atoms with E-state index >= 15 is 0 Å². The summed E-state index contributed by atoms with van der Waals surface area (Å²) in [5, 5.41) is 9.85. The van der Waals surface area contributed by atoms with E-state index in [1.807, 2.05) is 6.92 Å². The summed E-state index contributed by atoms with van der Waals surface area (Å²) >= 11 is 0. The number of amides is 3. The van der Waals surface area contributed by atoms with E-state index in [1.165, 1.54) is 11.0 Å². The Morgan fingerprint density at radius 3 is 2.67 bits per heavy atom. The van der Waals surface area contributed by atoms with Crippen LogP contribution in [0.15, 0.2) is 48.5 Å². The van der Waals surface area contributed by atoms with Crippen molar-refractivity contribution in [3.63, 3.8) is 0 Å². The predicted molar refractivity (Wildman–Crippen MR) is 119 cm³/mol. The SMILES string of the molecule is Cc1cc(C(=O)N[C@@H]2CCN3C(=O)c4cc(-c5ccccc5F)ccc4NC(=O)[C@H]23)nn1C. The van der Waals surface area contributed by atoms with Gasteiger partial charge >= 0.3 is 0 Å². The van der Waals surface area contributed by atoms with Crippen LogP contribution in [0.1, 0.15) is 33.0 Å². The molecule has 2 aromatic carbocycles. The monoisotopic (exact) mass is 447 g/mol. The van der Waals surface area contributed by atoms with Gasteiger partial charge in [0, 0.05) is 24.8 Å². The predicted octanol–water partition coefficient (Wildman–Crippen LogP) is 2.50. The van der Waals surface area contributed by atoms with Gasteiger partial charge in [0.2, 0.25) is 5.91 Å². The van der Waals surface area contributed by atoms with Crippen LogP contribution in [0.4, 0.5) is 10.1 Å². The third kappa shape index (κ3) is 3.55. The lowest BCUT2D eigenvalue weighted by Crippen LogP contribution is -2.51. The lowest BCUT2D eigenvalue weighted by atomic mass is 10.0. The van der Waals surface area contributed by atoms with Gasteiger partial charge in [-0.2, -0.15) is 5.10 Å². The zero-order valence-electron chi connectivity index (χ0n) is 18.1. The molecule has 0 unspecified atom stereocenters. The largest absolute Gasteiger partial charge is 0.345 e. The number of benzene rings is 2. The molecule has 8 nitrogen and oxygen atoms in total. The van der Waals surface area contributed by atoms with Crippen LogP contribution in [0.2, 0.25) is 0 Å². The van der Waals surface area contributed by atoms with Gasteiger partial charge in [0.25, 0.3) is 11.8 Å². The van der Waals surface area contributed by atoms with Crippen molar-refractivity contribution < 1.29 is 18.8 Å². The Kier molecular flexibility index (Phi) is 4.96. The van der Waals surface area contributed by atoms with Crippen LogP contribution in [0, 0.1) is 12.7 Å². The van der Waals surface area contributed by atoms with Crippen LogP contribution in [0.25, 0.3) is 11.1 Å². The number of hydrogen-bond donors (Lipinski definition) is 2. The van der Waals surface area contributed by atoms with Crippen LogP contribution in [0.5, 0.6) is 0 Å². The molecule has 0 aliphatic carbocycles. The van der Waals surface area contributed by atoms with Crippen LogP contribution in [0.3, 0.4) is 0 Å². The number of nitrogens with one attached hydrogen (secondary N) is 2. The Balaban J connectivity index is 1.43. The molecule has 2 aliphatic heterocycles. The standard InChI is InChI=1S/C24H22FN5O3/c1-13-11-20(28-29(13)2)22(31)27-19-9-10-30-21(19)23(32)26-18-8-7-14(12-16(18)24(30)33)15-5-3-4-6-17(15)25/h3-8,11-12,19,21H,9-10H2,1-2H3,(H,26,32)(H,27,31)/t19-,21+/m1/s1. The van der Waals surface area contributed by atoms with Gasteiger partial charge in [-0.05, 0) is 43.2 Å². The van der Waals surface area contributed by atoms with E-state index in [-0.39, 0.29) is 17.5 Å². The number of aryl methyl sites for hydroxylation is 2. The summed E-state index contributed by atoms with van der Waals surface area (Å²) in [6, 6.07) is 11.5. The van der Waals surface area contributed by atoms with Crippen molar-refractivity contribution in [3.8, 4) is 11.1 Å². The lowest BCUT2D eigenvalue weighted by Gasteiger charge is -2.24. The molecule has 1 fully saturated rings. The molecule has 0 bridgehead atoms. The number of halogens is 1. The molecule has 2 atom stereocenters. The van der Waals surface area contributed by atoms with E-state index in [0.717, 1.165) is 5.69 Å². The van der Waals surface area contributed by atoms with Crippen LogP contribution in [-0.2, 0) is 11.8 Å². The molecule has 3 aromatic rings. The van der Waals surface area contributed by atoms with Crippen LogP contribution < -0.4 is 10.6 Å². The number of nitrogens with zero attached hydrogens (tertiary/aromatic N) is 3. The van der Waals surface area contributed by atoms with Gasteiger partial charge in [0.1, 0.15) is 17.6 Å². The summed E-state index contributed by atoms with van der Waals surface area (Å²) in [6.45, 7) is 2.15. The molecule has 0 saturated carbocycles. The highest BCUT2D eigenvalue weighted by Gasteiger charge is 2.45. The zero-order chi connectivity index (χ0) is 23.3. The third-order valence-electron chi connectivity index (χ3n) is 6.28. The first-order valence-electron chi connectivity index (χ1n) is 10.7. The molecule has 5 rings (SSSR count). The van der Waals surface area contributed by atoms with E-state index < -0.39 is 23.8 Å². The average Bonchev–Trinajstić information content (AvgIpc) is 3.34. The maximum absolute atomic E-state index is 14.3. The molecular weight excluding hydrogens is 425 g/mol. The fourth-order valence-electron chi connectivity index (χ4n) is 4.46. The second-order valence-electron chi connectivity index (χ2n) is 8.34. The molecule has 0 spiro atoms. The van der Waals surface area contributed by atoms with E-state index in [9.17, 15) is 18.8 Å². The first-order valence-corrected chi connectivity index (χ1v) is 10.7. The van der Waals surface area contributed by atoms with Crippen molar-refractivity contribution in [2.24, 2.45) is 7.05 Å². The molecule has 1 aromatic heterocycles. The normalized spacial score (nSPS) is 19.5. The minimum absolute atomic E-state index is 0.256. The Labute approximate surface area is 189 Å². The molecule has 2 aliphatic rings. The Bertz CT molecular complexity index is 1280. The smallest absolute Gasteiger partial charge is 0.272 e. The second kappa shape index (κ2) is 7.84. The molecule has 0 radical (unpaired) electrons. The molecule has 9 heteroatoms. The van der Waals surface area contributed by atoms with E-state index in [2.05, 4.69) is 15.7 Å². The van der Waals surface area contributed by atoms with E-state index in [0.29, 0.717) is 35.3 Å². The summed E-state index contributed by atoms with van der Waals surface area (Å²) in [5.41, 5.74) is 2.66. The number of anilines is 1. The fraction of sp³-hybridized carbons (Fsp3) is 0.250. The van der Waals surface area contributed by atoms with Crippen molar-refractivity contribution >= 4 is 23.4 Å². The lowest BCUT2D eigenvalue weighted by molar-refractivity contribution is -0.120. The average molecular weight is 447 g/mol. The second-order valence-corrected chi connectivity index (χ2v) is 8.34. The van der Waals surface area contributed by atoms with Crippen LogP contribution in [-0.4, -0.2) is 51.0 Å². The minimum atomic E-state index is -0.851. The summed E-state index contributed by atoms with van der Waals surface area (Å²) in [6.07, 6.45) is 0.434. The van der Waals surface area contributed by atoms with Gasteiger partial charge in [-0.1, -0.05) is 24.3 Å². The van der Waals surface area contributed by atoms with Gasteiger partial charge in [0.15, 0.2) is 0 Å². The maximum Gasteiger partial charge on any atom is 0.272 e. The molecule has 2 N–H and O–H groups in total. The Morgan fingerprint density at radius 2 is 1.94 bits per heavy atom. The first-order chi connectivity index (χ1) is 15.8. The summed E-state index contributed by atoms with van der Waals surface area (Å²) in [4.78, 5) is 40.6. The highest BCUT2D eigenvalue weighted by Crippen LogP contribution is 2.33. The van der Waals surface area contributed by atoms with Crippen LogP contribution >= 0.6 is 0 Å². The Hall–Kier alpha value is -4.01. The highest BCUT2D eigenvalue weighted by atomic mass is 19.1. The van der Waals surface area contributed by atoms with Crippen molar-refractivity contribution in [1.82, 2.24) is 20.0 Å². The summed E-state index contributed by atoms with van der Waals surface area (Å²) in [5.74, 6) is -1.50. The number of fused-ring (bicyclic) bond motifs is 2. The van der Waals surface area contributed by atoms with Gasteiger partial charge in [-0.15, -0.1) is 0 Å². The zero-order valence-corrected chi connectivity index (χ0v) is 18.1. The van der Waals surface area contributed by atoms with E-state index in [4.69, 9.17) is 0 Å². The van der Waals surface area contributed by atoms with E-state index in [1.54, 1.807) is 54.2 Å². The number of carbonyl (C=O) groups is 3. The van der Waals surface area contributed by atoms with Crippen molar-refractivity contribution in [1.29, 1.82) is 0 Å². The Morgan fingerprint density at radius 1 is 1.15 bits per heavy atom. The van der Waals surface area contributed by atoms with Crippen molar-refractivity contribution in [2.45, 2.75) is 25.4 Å². The molecule has 3 amide bonds. The number of aromatic nitrogens is 2. The summed E-state index contributed by atoms with van der Waals surface area (Å²) in [7, 11) is 1.74. The van der Waals surface area contributed by atoms with Gasteiger partial charge in [-0.25, -0.2) is 4.39 Å². The third-order valence-corrected chi connectivity index (χ3v) is 6.28. The van der Waals surface area contributed by atoms with Crippen molar-refractivity contribution in [2.75, 3.05) is 11.9 Å². The topological polar surface area (TPSA) is 96.3 Å². The number of carbonyl (C=O) groups excluding carboxylic acids is 3. The molecule has 168 valence electrons. The fourth-order valence-corrected chi connectivity index (χ4v) is 4.46. The molecular formula is C24H22FN5O3. The molecule has 3 heterocycles. The molecule has 1 saturated heterocycles. The van der Waals surface area contributed by atoms with Gasteiger partial charge in [0.05, 0.1) is 17.3 Å². The number of hydrogen-bond acceptors (Lipinski definition) is 4.